The number of anilines is 1. The average molecular weight is 448 g/mol. The Kier molecular flexibility index (Phi) is 5.84. The second-order valence-electron chi connectivity index (χ2n) is 8.18. The Bertz CT molecular complexity index is 1460. The highest BCUT2D eigenvalue weighted by molar-refractivity contribution is 7.17. The van der Waals surface area contributed by atoms with Gasteiger partial charge in [0.05, 0.1) is 12.1 Å². The van der Waals surface area contributed by atoms with E-state index in [2.05, 4.69) is 5.32 Å². The Morgan fingerprint density at radius 3 is 2.41 bits per heavy atom. The number of hydrogen-bond donors (Lipinski definition) is 1. The van der Waals surface area contributed by atoms with E-state index in [1.54, 1.807) is 11.4 Å². The quantitative estimate of drug-likeness (QED) is 0.500. The van der Waals surface area contributed by atoms with Crippen molar-refractivity contribution in [2.45, 2.75) is 40.8 Å². The number of aryl methyl sites for hydroxylation is 4. The van der Waals surface area contributed by atoms with Gasteiger partial charge in [0.15, 0.2) is 0 Å². The van der Waals surface area contributed by atoms with Crippen LogP contribution >= 0.6 is 11.3 Å². The summed E-state index contributed by atoms with van der Waals surface area (Å²) in [5, 5.41) is 4.65. The highest BCUT2D eigenvalue weighted by Gasteiger charge is 2.17. The van der Waals surface area contributed by atoms with Gasteiger partial charge in [0.25, 0.3) is 5.56 Å². The highest BCUT2D eigenvalue weighted by atomic mass is 32.1. The van der Waals surface area contributed by atoms with Crippen LogP contribution in [-0.2, 0) is 17.9 Å². The Morgan fingerprint density at radius 2 is 1.69 bits per heavy atom. The fourth-order valence-corrected chi connectivity index (χ4v) is 4.64. The highest BCUT2D eigenvalue weighted by Crippen LogP contribution is 2.18. The largest absolute Gasteiger partial charge is 0.332 e. The first-order valence-corrected chi connectivity index (χ1v) is 11.3. The third-order valence-electron chi connectivity index (χ3n) is 5.71. The molecule has 0 bridgehead atoms. The molecule has 0 spiro atoms. The van der Waals surface area contributed by atoms with Crippen LogP contribution in [0.2, 0.25) is 0 Å². The molecule has 2 aromatic heterocycles. The molecule has 0 saturated carbocycles. The first-order chi connectivity index (χ1) is 15.2. The third-order valence-corrected chi connectivity index (χ3v) is 6.60. The summed E-state index contributed by atoms with van der Waals surface area (Å²) in [4.78, 5) is 39.2. The van der Waals surface area contributed by atoms with Crippen LogP contribution in [0, 0.1) is 27.7 Å². The van der Waals surface area contributed by atoms with Gasteiger partial charge in [-0.1, -0.05) is 35.9 Å². The van der Waals surface area contributed by atoms with Crippen molar-refractivity contribution >= 4 is 33.1 Å². The van der Waals surface area contributed by atoms with Crippen LogP contribution in [0.5, 0.6) is 0 Å². The van der Waals surface area contributed by atoms with E-state index in [4.69, 9.17) is 0 Å². The minimum Gasteiger partial charge on any atom is -0.324 e. The molecule has 6 nitrogen and oxygen atoms in total. The van der Waals surface area contributed by atoms with Crippen molar-refractivity contribution in [1.29, 1.82) is 0 Å². The number of carbonyl (C=O) groups excluding carboxylic acids is 1. The predicted molar refractivity (Wildman–Crippen MR) is 130 cm³/mol. The molecular formula is C25H25N3O3S. The Morgan fingerprint density at radius 1 is 0.906 bits per heavy atom. The van der Waals surface area contributed by atoms with Crippen LogP contribution in [0.3, 0.4) is 0 Å². The number of hydrogen-bond acceptors (Lipinski definition) is 4. The van der Waals surface area contributed by atoms with Crippen molar-refractivity contribution in [2.75, 3.05) is 5.32 Å². The maximum Gasteiger partial charge on any atom is 0.332 e. The molecule has 0 atom stereocenters. The number of rotatable bonds is 5. The van der Waals surface area contributed by atoms with Crippen LogP contribution in [0.1, 0.15) is 27.8 Å². The standard InChI is InChI=1S/C25H25N3O3S/c1-15-5-8-20(18(4)11-15)26-22(29)14-27-21-9-10-32-23(21)24(30)28(25(27)31)13-19-7-6-16(2)17(3)12-19/h5-12H,13-14H2,1-4H3,(H,26,29). The van der Waals surface area contributed by atoms with Gasteiger partial charge in [-0.15, -0.1) is 11.3 Å². The van der Waals surface area contributed by atoms with Crippen LogP contribution in [-0.4, -0.2) is 15.0 Å². The number of nitrogens with zero attached hydrogens (tertiary/aromatic N) is 2. The molecule has 164 valence electrons. The number of aromatic nitrogens is 2. The minimum atomic E-state index is -0.491. The van der Waals surface area contributed by atoms with Crippen molar-refractivity contribution in [3.8, 4) is 0 Å². The van der Waals surface area contributed by atoms with Crippen molar-refractivity contribution in [2.24, 2.45) is 0 Å². The minimum absolute atomic E-state index is 0.158. The zero-order chi connectivity index (χ0) is 23.0. The second kappa shape index (κ2) is 8.59. The zero-order valence-corrected chi connectivity index (χ0v) is 19.4. The van der Waals surface area contributed by atoms with Gasteiger partial charge in [0.1, 0.15) is 11.2 Å². The smallest absolute Gasteiger partial charge is 0.324 e. The van der Waals surface area contributed by atoms with Crippen molar-refractivity contribution in [3.63, 3.8) is 0 Å². The Balaban J connectivity index is 1.72. The molecule has 0 radical (unpaired) electrons. The van der Waals surface area contributed by atoms with Gasteiger partial charge >= 0.3 is 5.69 Å². The summed E-state index contributed by atoms with van der Waals surface area (Å²) < 4.78 is 3.06. The summed E-state index contributed by atoms with van der Waals surface area (Å²) >= 11 is 1.28. The lowest BCUT2D eigenvalue weighted by molar-refractivity contribution is -0.116. The van der Waals surface area contributed by atoms with Gasteiger partial charge < -0.3 is 5.32 Å². The lowest BCUT2D eigenvalue weighted by Gasteiger charge is -2.14. The second-order valence-corrected chi connectivity index (χ2v) is 9.10. The molecule has 7 heteroatoms. The van der Waals surface area contributed by atoms with Crippen molar-refractivity contribution in [1.82, 2.24) is 9.13 Å². The molecule has 1 N–H and O–H groups in total. The molecule has 2 aromatic carbocycles. The van der Waals surface area contributed by atoms with E-state index in [1.165, 1.54) is 20.5 Å². The molecule has 2 heterocycles. The third kappa shape index (κ3) is 4.16. The molecule has 0 unspecified atom stereocenters. The Hall–Kier alpha value is -3.45. The average Bonchev–Trinajstić information content (AvgIpc) is 3.23. The molecule has 1 amide bonds. The van der Waals surface area contributed by atoms with Crippen molar-refractivity contribution in [3.05, 3.63) is 96.5 Å². The number of carbonyl (C=O) groups is 1. The molecule has 0 aliphatic heterocycles. The van der Waals surface area contributed by atoms with Crippen LogP contribution < -0.4 is 16.6 Å². The van der Waals surface area contributed by atoms with Gasteiger partial charge in [-0.2, -0.15) is 0 Å². The van der Waals surface area contributed by atoms with Crippen LogP contribution in [0.15, 0.2) is 57.4 Å². The SMILES string of the molecule is Cc1ccc(NC(=O)Cn2c(=O)n(Cc3ccc(C)c(C)c3)c(=O)c3sccc32)c(C)c1. The summed E-state index contributed by atoms with van der Waals surface area (Å²) in [7, 11) is 0. The number of fused-ring (bicyclic) bond motifs is 1. The zero-order valence-electron chi connectivity index (χ0n) is 18.6. The first-order valence-electron chi connectivity index (χ1n) is 10.4. The summed E-state index contributed by atoms with van der Waals surface area (Å²) in [6.45, 7) is 7.92. The van der Waals surface area contributed by atoms with E-state index >= 15 is 0 Å². The molecule has 32 heavy (non-hydrogen) atoms. The molecule has 4 rings (SSSR count). The first kappa shape index (κ1) is 21.8. The molecule has 0 aliphatic carbocycles. The summed E-state index contributed by atoms with van der Waals surface area (Å²) in [5.74, 6) is -0.317. The maximum absolute atomic E-state index is 13.3. The van der Waals surface area contributed by atoms with E-state index < -0.39 is 5.69 Å². The van der Waals surface area contributed by atoms with Gasteiger partial charge in [0.2, 0.25) is 5.91 Å². The van der Waals surface area contributed by atoms with Gasteiger partial charge in [-0.05, 0) is 67.5 Å². The summed E-state index contributed by atoms with van der Waals surface area (Å²) in [5.41, 5.74) is 5.54. The van der Waals surface area contributed by atoms with Crippen LogP contribution in [0.25, 0.3) is 10.2 Å². The normalized spacial score (nSPS) is 11.1. The van der Waals surface area contributed by atoms with Gasteiger partial charge in [-0.3, -0.25) is 18.7 Å². The van der Waals surface area contributed by atoms with Crippen LogP contribution in [0.4, 0.5) is 5.69 Å². The number of benzene rings is 2. The summed E-state index contributed by atoms with van der Waals surface area (Å²) in [6.07, 6.45) is 0. The number of thiophene rings is 1. The fourth-order valence-electron chi connectivity index (χ4n) is 3.80. The molecule has 4 aromatic rings. The van der Waals surface area contributed by atoms with Gasteiger partial charge in [0, 0.05) is 5.69 Å². The number of nitrogens with one attached hydrogen (secondary N) is 1. The van der Waals surface area contributed by atoms with E-state index in [1.807, 2.05) is 64.1 Å². The van der Waals surface area contributed by atoms with E-state index in [9.17, 15) is 14.4 Å². The van der Waals surface area contributed by atoms with E-state index in [0.717, 1.165) is 27.8 Å². The molecule has 0 aliphatic rings. The predicted octanol–water partition coefficient (Wildman–Crippen LogP) is 4.15. The lowest BCUT2D eigenvalue weighted by atomic mass is 10.1. The Labute approximate surface area is 189 Å². The molecular weight excluding hydrogens is 422 g/mol. The monoisotopic (exact) mass is 447 g/mol. The summed E-state index contributed by atoms with van der Waals surface area (Å²) in [6, 6.07) is 13.4. The molecule has 0 saturated heterocycles. The van der Waals surface area contributed by atoms with Crippen molar-refractivity contribution < 1.29 is 4.79 Å². The number of amides is 1. The molecule has 0 fully saturated rings. The van der Waals surface area contributed by atoms with E-state index in [0.29, 0.717) is 15.9 Å². The lowest BCUT2D eigenvalue weighted by Crippen LogP contribution is -2.41. The van der Waals surface area contributed by atoms with E-state index in [-0.39, 0.29) is 24.6 Å². The fraction of sp³-hybridized carbons (Fsp3) is 0.240. The van der Waals surface area contributed by atoms with Gasteiger partial charge in [-0.25, -0.2) is 4.79 Å². The topological polar surface area (TPSA) is 73.1 Å². The maximum atomic E-state index is 13.3.